The fourth-order valence-electron chi connectivity index (χ4n) is 3.66. The number of hydrogen-bond acceptors (Lipinski definition) is 8. The minimum atomic E-state index is -0.606. The quantitative estimate of drug-likeness (QED) is 0.249. The molecule has 8 nitrogen and oxygen atoms in total. The van der Waals surface area contributed by atoms with Crippen LogP contribution in [-0.2, 0) is 9.59 Å². The largest absolute Gasteiger partial charge is 0.491 e. The number of nitrogens with zero attached hydrogens (tertiary/aromatic N) is 2. The zero-order valence-corrected chi connectivity index (χ0v) is 23.7. The predicted octanol–water partition coefficient (Wildman–Crippen LogP) is 4.92. The van der Waals surface area contributed by atoms with Crippen LogP contribution in [0.2, 0.25) is 0 Å². The molecule has 0 saturated heterocycles. The van der Waals surface area contributed by atoms with Gasteiger partial charge in [0.05, 0.1) is 24.6 Å². The number of para-hydroxylation sites is 4. The molecule has 0 unspecified atom stereocenters. The molecule has 2 aromatic carbocycles. The number of ether oxygens (including phenoxy) is 2. The summed E-state index contributed by atoms with van der Waals surface area (Å²) in [6.07, 6.45) is 1.65. The minimum absolute atomic E-state index is 0.107. The van der Waals surface area contributed by atoms with Crippen molar-refractivity contribution >= 4 is 46.1 Å². The van der Waals surface area contributed by atoms with Gasteiger partial charge in [0, 0.05) is 13.1 Å². The van der Waals surface area contributed by atoms with Crippen molar-refractivity contribution in [3.05, 3.63) is 70.0 Å². The molecule has 10 heteroatoms. The Labute approximate surface area is 234 Å². The van der Waals surface area contributed by atoms with Gasteiger partial charge in [-0.1, -0.05) is 47.5 Å². The van der Waals surface area contributed by atoms with Crippen molar-refractivity contribution in [2.24, 2.45) is 0 Å². The first kappa shape index (κ1) is 29.5. The van der Waals surface area contributed by atoms with Gasteiger partial charge < -0.3 is 29.9 Å². The Kier molecular flexibility index (Phi) is 11.0. The third-order valence-electron chi connectivity index (χ3n) is 5.60. The number of nitrogens with one attached hydrogen (secondary N) is 2. The SMILES string of the molecule is CN(C)CCCOc1ccccc1NC1=C(Cl)C(=O)C(Nc2ccccc2OCCCN(C)C)=C(Cl)C1=O. The normalized spacial score (nSPS) is 14.0. The van der Waals surface area contributed by atoms with Gasteiger partial charge >= 0.3 is 0 Å². The Morgan fingerprint density at radius 2 is 1.03 bits per heavy atom. The summed E-state index contributed by atoms with van der Waals surface area (Å²) in [6.45, 7) is 2.73. The lowest BCUT2D eigenvalue weighted by atomic mass is 10.0. The van der Waals surface area contributed by atoms with Crippen molar-refractivity contribution in [3.8, 4) is 11.5 Å². The van der Waals surface area contributed by atoms with Gasteiger partial charge in [-0.2, -0.15) is 0 Å². The highest BCUT2D eigenvalue weighted by atomic mass is 35.5. The molecule has 0 saturated carbocycles. The van der Waals surface area contributed by atoms with E-state index >= 15 is 0 Å². The van der Waals surface area contributed by atoms with Crippen molar-refractivity contribution in [3.63, 3.8) is 0 Å². The summed E-state index contributed by atoms with van der Waals surface area (Å²) in [5.41, 5.74) is 0.794. The highest BCUT2D eigenvalue weighted by molar-refractivity contribution is 6.56. The monoisotopic (exact) mass is 560 g/mol. The summed E-state index contributed by atoms with van der Waals surface area (Å²) in [7, 11) is 7.98. The number of rotatable bonds is 14. The van der Waals surface area contributed by atoms with Crippen LogP contribution in [0.1, 0.15) is 12.8 Å². The third kappa shape index (κ3) is 7.98. The number of benzene rings is 2. The van der Waals surface area contributed by atoms with Crippen molar-refractivity contribution in [1.29, 1.82) is 0 Å². The zero-order valence-electron chi connectivity index (χ0n) is 22.1. The van der Waals surface area contributed by atoms with E-state index in [9.17, 15) is 9.59 Å². The molecule has 2 N–H and O–H groups in total. The Morgan fingerprint density at radius 1 is 0.658 bits per heavy atom. The van der Waals surface area contributed by atoms with Crippen LogP contribution >= 0.6 is 23.2 Å². The van der Waals surface area contributed by atoms with E-state index in [1.54, 1.807) is 36.4 Å². The number of halogens is 2. The van der Waals surface area contributed by atoms with E-state index in [-0.39, 0.29) is 21.5 Å². The first-order valence-electron chi connectivity index (χ1n) is 12.3. The maximum Gasteiger partial charge on any atom is 0.224 e. The van der Waals surface area contributed by atoms with Gasteiger partial charge in [0.2, 0.25) is 11.6 Å². The van der Waals surface area contributed by atoms with Gasteiger partial charge in [-0.3, -0.25) is 9.59 Å². The van der Waals surface area contributed by atoms with E-state index < -0.39 is 11.6 Å². The average Bonchev–Trinajstić information content (AvgIpc) is 2.89. The fraction of sp³-hybridized carbons (Fsp3) is 0.357. The van der Waals surface area contributed by atoms with E-state index in [4.69, 9.17) is 32.7 Å². The molecule has 1 aliphatic carbocycles. The van der Waals surface area contributed by atoms with Crippen LogP contribution in [0.4, 0.5) is 11.4 Å². The van der Waals surface area contributed by atoms with E-state index in [1.165, 1.54) is 0 Å². The number of ketones is 2. The summed E-state index contributed by atoms with van der Waals surface area (Å²) in [6, 6.07) is 14.3. The second kappa shape index (κ2) is 14.2. The van der Waals surface area contributed by atoms with E-state index in [2.05, 4.69) is 20.4 Å². The van der Waals surface area contributed by atoms with Gasteiger partial charge in [-0.15, -0.1) is 0 Å². The molecule has 0 heterocycles. The Morgan fingerprint density at radius 3 is 1.39 bits per heavy atom. The van der Waals surface area contributed by atoms with Crippen molar-refractivity contribution in [2.75, 3.05) is 65.1 Å². The lowest BCUT2D eigenvalue weighted by Gasteiger charge is -2.22. The van der Waals surface area contributed by atoms with E-state index in [0.29, 0.717) is 36.1 Å². The van der Waals surface area contributed by atoms with Crippen LogP contribution in [0.5, 0.6) is 11.5 Å². The molecule has 0 aliphatic heterocycles. The predicted molar refractivity (Wildman–Crippen MR) is 153 cm³/mol. The number of Topliss-reactive ketones (excluding diaryl/α,β-unsaturated/α-hetero) is 2. The Balaban J connectivity index is 1.75. The number of carbonyl (C=O) groups excluding carboxylic acids is 2. The molecule has 0 amide bonds. The molecule has 0 radical (unpaired) electrons. The van der Waals surface area contributed by atoms with Crippen molar-refractivity contribution < 1.29 is 19.1 Å². The van der Waals surface area contributed by atoms with Gasteiger partial charge in [0.1, 0.15) is 33.0 Å². The summed E-state index contributed by atoms with van der Waals surface area (Å²) >= 11 is 12.8. The molecular formula is C28H34Cl2N4O4. The summed E-state index contributed by atoms with van der Waals surface area (Å²) in [5.74, 6) is -0.142. The topological polar surface area (TPSA) is 83.1 Å². The average molecular weight is 562 g/mol. The number of allylic oxidation sites excluding steroid dienone is 2. The molecule has 0 spiro atoms. The smallest absolute Gasteiger partial charge is 0.224 e. The molecule has 3 rings (SSSR count). The highest BCUT2D eigenvalue weighted by Crippen LogP contribution is 2.35. The Bertz CT molecular complexity index is 1120. The maximum atomic E-state index is 13.2. The summed E-state index contributed by atoms with van der Waals surface area (Å²) in [4.78, 5) is 30.6. The summed E-state index contributed by atoms with van der Waals surface area (Å²) in [5, 5.41) is 5.39. The second-order valence-corrected chi connectivity index (χ2v) is 10.0. The Hall–Kier alpha value is -3.04. The molecule has 1 aliphatic rings. The molecule has 0 fully saturated rings. The van der Waals surface area contributed by atoms with Gasteiger partial charge in [-0.25, -0.2) is 0 Å². The minimum Gasteiger partial charge on any atom is -0.491 e. The van der Waals surface area contributed by atoms with Crippen molar-refractivity contribution in [2.45, 2.75) is 12.8 Å². The molecule has 0 bridgehead atoms. The van der Waals surface area contributed by atoms with E-state index in [1.807, 2.05) is 40.3 Å². The van der Waals surface area contributed by atoms with Crippen LogP contribution in [-0.4, -0.2) is 75.9 Å². The molecule has 204 valence electrons. The lowest BCUT2D eigenvalue weighted by Crippen LogP contribution is -2.27. The number of hydrogen-bond donors (Lipinski definition) is 2. The van der Waals surface area contributed by atoms with Crippen LogP contribution in [0.25, 0.3) is 0 Å². The van der Waals surface area contributed by atoms with Gasteiger partial charge in [-0.05, 0) is 65.3 Å². The standard InChI is InChI=1S/C28H34Cl2N4O4/c1-33(2)15-9-17-37-21-13-7-5-11-19(21)31-25-23(29)28(36)26(24(30)27(25)35)32-20-12-6-8-14-22(20)38-18-10-16-34(3)4/h5-8,11-14,31-32H,9-10,15-18H2,1-4H3. The third-order valence-corrected chi connectivity index (χ3v) is 6.32. The van der Waals surface area contributed by atoms with Crippen LogP contribution in [0, 0.1) is 0 Å². The molecule has 0 aromatic heterocycles. The first-order valence-corrected chi connectivity index (χ1v) is 13.1. The maximum absolute atomic E-state index is 13.2. The van der Waals surface area contributed by atoms with Crippen LogP contribution in [0.15, 0.2) is 70.0 Å². The van der Waals surface area contributed by atoms with Crippen LogP contribution in [0.3, 0.4) is 0 Å². The van der Waals surface area contributed by atoms with Gasteiger partial charge in [0.15, 0.2) is 0 Å². The molecule has 0 atom stereocenters. The van der Waals surface area contributed by atoms with E-state index in [0.717, 1.165) is 25.9 Å². The van der Waals surface area contributed by atoms with Crippen LogP contribution < -0.4 is 20.1 Å². The van der Waals surface area contributed by atoms with Gasteiger partial charge in [0.25, 0.3) is 0 Å². The summed E-state index contributed by atoms with van der Waals surface area (Å²) < 4.78 is 11.8. The first-order chi connectivity index (χ1) is 18.2. The molecule has 2 aromatic rings. The number of anilines is 2. The van der Waals surface area contributed by atoms with Crippen molar-refractivity contribution in [1.82, 2.24) is 9.80 Å². The zero-order chi connectivity index (χ0) is 27.7. The number of carbonyl (C=O) groups is 2. The molecular weight excluding hydrogens is 527 g/mol. The highest BCUT2D eigenvalue weighted by Gasteiger charge is 2.34. The second-order valence-electron chi connectivity index (χ2n) is 9.29. The fourth-order valence-corrected chi connectivity index (χ4v) is 4.11. The molecule has 38 heavy (non-hydrogen) atoms. The lowest BCUT2D eigenvalue weighted by molar-refractivity contribution is -0.115.